The van der Waals surface area contributed by atoms with Gasteiger partial charge in [-0.15, -0.1) is 0 Å². The summed E-state index contributed by atoms with van der Waals surface area (Å²) >= 11 is 3.70. The van der Waals surface area contributed by atoms with Crippen LogP contribution in [-0.2, 0) is 18.0 Å². The highest BCUT2D eigenvalue weighted by Crippen LogP contribution is 2.38. The van der Waals surface area contributed by atoms with Crippen molar-refractivity contribution in [2.75, 3.05) is 19.5 Å². The van der Waals surface area contributed by atoms with E-state index in [1.54, 1.807) is 7.11 Å². The van der Waals surface area contributed by atoms with Gasteiger partial charge in [-0.3, -0.25) is 0 Å². The van der Waals surface area contributed by atoms with Crippen LogP contribution in [0.15, 0.2) is 60.8 Å². The first kappa shape index (κ1) is 19.5. The molecule has 0 fully saturated rings. The molecule has 134 valence electrons. The number of nitrogens with one attached hydrogen (secondary N) is 1. The minimum Gasteiger partial charge on any atom is -0.696 e. The molecule has 1 heterocycles. The van der Waals surface area contributed by atoms with Crippen LogP contribution in [0.5, 0.6) is 5.75 Å². The molecule has 0 aromatic heterocycles. The highest BCUT2D eigenvalue weighted by molar-refractivity contribution is 7.64. The van der Waals surface area contributed by atoms with Crippen LogP contribution in [0.4, 0.5) is 11.4 Å². The number of fused-ring (bicyclic) bond motifs is 1. The Labute approximate surface area is 160 Å². The Morgan fingerprint density at radius 1 is 1.15 bits per heavy atom. The highest BCUT2D eigenvalue weighted by atomic mass is 32.1. The zero-order valence-electron chi connectivity index (χ0n) is 15.5. The van der Waals surface area contributed by atoms with Crippen LogP contribution in [0.3, 0.4) is 0 Å². The van der Waals surface area contributed by atoms with Gasteiger partial charge in [-0.2, -0.15) is 4.58 Å². The third-order valence-corrected chi connectivity index (χ3v) is 4.52. The predicted molar refractivity (Wildman–Crippen MR) is 109 cm³/mol. The number of hydrogen-bond acceptors (Lipinski definition) is 4. The monoisotopic (exact) mass is 365 g/mol. The lowest BCUT2D eigenvalue weighted by Crippen LogP contribution is -2.26. The van der Waals surface area contributed by atoms with Gasteiger partial charge in [0.05, 0.1) is 12.5 Å². The highest BCUT2D eigenvalue weighted by Gasteiger charge is 2.42. The molecule has 3 rings (SSSR count). The molecule has 5 heteroatoms. The molecule has 4 nitrogen and oxygen atoms in total. The summed E-state index contributed by atoms with van der Waals surface area (Å²) in [6, 6.07) is 16.5. The lowest BCUT2D eigenvalue weighted by molar-refractivity contribution is -0.401. The van der Waals surface area contributed by atoms with E-state index in [0.29, 0.717) is 0 Å². The maximum Gasteiger partial charge on any atom is 0.209 e. The van der Waals surface area contributed by atoms with E-state index in [0.717, 1.165) is 11.4 Å². The van der Waals surface area contributed by atoms with E-state index in [9.17, 15) is 0 Å². The number of ether oxygens (including phenoxy) is 1. The molecule has 0 atom stereocenters. The standard InChI is InChI=1S/C20H22N2O.CHNS/c1-20(2)17-7-5-6-8-18(17)22(3)19(20)13-14-21-15-9-11-16(23-4)12-10-15;2-1-3/h5-14H,1-4H3;3H. The summed E-state index contributed by atoms with van der Waals surface area (Å²) < 4.78 is 7.44. The van der Waals surface area contributed by atoms with E-state index in [-0.39, 0.29) is 5.41 Å². The fourth-order valence-corrected chi connectivity index (χ4v) is 3.21. The molecule has 0 unspecified atom stereocenters. The molecule has 0 amide bonds. The van der Waals surface area contributed by atoms with Crippen LogP contribution in [0.1, 0.15) is 19.4 Å². The average molecular weight is 366 g/mol. The molecular weight excluding hydrogens is 342 g/mol. The number of thiocyanates is 1. The number of rotatable bonds is 4. The summed E-state index contributed by atoms with van der Waals surface area (Å²) in [4.78, 5) is 0. The first-order valence-electron chi connectivity index (χ1n) is 8.24. The van der Waals surface area contributed by atoms with Crippen LogP contribution >= 0.6 is 0 Å². The number of hydrogen-bond donors (Lipinski definition) is 1. The van der Waals surface area contributed by atoms with Crippen molar-refractivity contribution in [2.24, 2.45) is 0 Å². The first-order valence-corrected chi connectivity index (χ1v) is 8.65. The fourth-order valence-electron chi connectivity index (χ4n) is 3.21. The quantitative estimate of drug-likeness (QED) is 0.497. The summed E-state index contributed by atoms with van der Waals surface area (Å²) in [5.74, 6) is 0.862. The molecule has 2 aromatic rings. The number of para-hydroxylation sites is 1. The van der Waals surface area contributed by atoms with Gasteiger partial charge >= 0.3 is 0 Å². The van der Waals surface area contributed by atoms with Crippen molar-refractivity contribution >= 4 is 29.7 Å². The molecule has 0 saturated carbocycles. The molecule has 0 bridgehead atoms. The van der Waals surface area contributed by atoms with Gasteiger partial charge in [0.1, 0.15) is 12.8 Å². The molecule has 0 spiro atoms. The Morgan fingerprint density at radius 3 is 2.35 bits per heavy atom. The SMILES string of the molecule is COc1ccc(NC=CC2=[N+](C)c3ccccc3C2(C)C)cc1.N#C[S-]. The lowest BCUT2D eigenvalue weighted by Gasteiger charge is -2.15. The minimum absolute atomic E-state index is 0.00340. The zero-order chi connectivity index (χ0) is 19.2. The Balaban J connectivity index is 0.000000758. The van der Waals surface area contributed by atoms with Crippen molar-refractivity contribution in [3.63, 3.8) is 0 Å². The summed E-state index contributed by atoms with van der Waals surface area (Å²) in [6.07, 6.45) is 4.16. The summed E-state index contributed by atoms with van der Waals surface area (Å²) in [6.45, 7) is 4.53. The number of nitrogens with zero attached hydrogens (tertiary/aromatic N) is 2. The van der Waals surface area contributed by atoms with Gasteiger partial charge in [-0.25, -0.2) is 5.26 Å². The maximum atomic E-state index is 7.13. The second-order valence-corrected chi connectivity index (χ2v) is 6.57. The summed E-state index contributed by atoms with van der Waals surface area (Å²) in [7, 11) is 3.80. The Hall–Kier alpha value is -2.84. The number of methoxy groups -OCH3 is 1. The van der Waals surface area contributed by atoms with Crippen LogP contribution < -0.4 is 10.1 Å². The van der Waals surface area contributed by atoms with Crippen molar-refractivity contribution < 1.29 is 9.31 Å². The van der Waals surface area contributed by atoms with Crippen LogP contribution in [0.2, 0.25) is 0 Å². The van der Waals surface area contributed by atoms with Gasteiger partial charge in [0.2, 0.25) is 5.69 Å². The smallest absolute Gasteiger partial charge is 0.209 e. The Bertz CT molecular complexity index is 862. The van der Waals surface area contributed by atoms with Crippen molar-refractivity contribution in [3.8, 4) is 11.2 Å². The van der Waals surface area contributed by atoms with Crippen LogP contribution in [0.25, 0.3) is 0 Å². The van der Waals surface area contributed by atoms with Crippen LogP contribution in [0, 0.1) is 10.7 Å². The van der Waals surface area contributed by atoms with E-state index >= 15 is 0 Å². The van der Waals surface area contributed by atoms with Crippen molar-refractivity contribution in [1.82, 2.24) is 0 Å². The third kappa shape index (κ3) is 4.04. The third-order valence-electron chi connectivity index (χ3n) is 4.52. The summed E-state index contributed by atoms with van der Waals surface area (Å²) in [5, 5.41) is 11.8. The van der Waals surface area contributed by atoms with Gasteiger partial charge in [-0.05, 0) is 38.1 Å². The van der Waals surface area contributed by atoms with E-state index < -0.39 is 0 Å². The van der Waals surface area contributed by atoms with Gasteiger partial charge in [-0.1, -0.05) is 23.6 Å². The van der Waals surface area contributed by atoms with Gasteiger partial charge in [0.25, 0.3) is 0 Å². The lowest BCUT2D eigenvalue weighted by atomic mass is 9.81. The molecule has 1 aliphatic heterocycles. The van der Waals surface area contributed by atoms with E-state index in [2.05, 4.69) is 73.8 Å². The van der Waals surface area contributed by atoms with E-state index in [4.69, 9.17) is 10.00 Å². The Kier molecular flexibility index (Phi) is 6.37. The van der Waals surface area contributed by atoms with Crippen molar-refractivity contribution in [3.05, 3.63) is 66.4 Å². The molecule has 0 radical (unpaired) electrons. The number of benzene rings is 2. The molecule has 1 aliphatic rings. The molecule has 0 aliphatic carbocycles. The van der Waals surface area contributed by atoms with Gasteiger partial charge in [0, 0.05) is 29.6 Å². The molecule has 1 N–H and O–H groups in total. The number of nitriles is 1. The molecule has 26 heavy (non-hydrogen) atoms. The van der Waals surface area contributed by atoms with E-state index in [1.165, 1.54) is 22.4 Å². The first-order chi connectivity index (χ1) is 12.5. The molecule has 2 aromatic carbocycles. The van der Waals surface area contributed by atoms with Crippen molar-refractivity contribution in [1.29, 1.82) is 5.26 Å². The van der Waals surface area contributed by atoms with Gasteiger partial charge in [0.15, 0.2) is 5.71 Å². The minimum atomic E-state index is 0.00340. The normalized spacial score (nSPS) is 14.3. The second kappa shape index (κ2) is 8.50. The number of allylic oxidation sites excluding steroid dienone is 1. The molecular formula is C21H23N3OS. The number of anilines is 1. The zero-order valence-corrected chi connectivity index (χ0v) is 16.3. The predicted octanol–water partition coefficient (Wildman–Crippen LogP) is 4.34. The topological polar surface area (TPSA) is 48.1 Å². The Morgan fingerprint density at radius 2 is 1.77 bits per heavy atom. The molecule has 0 saturated heterocycles. The van der Waals surface area contributed by atoms with E-state index in [1.807, 2.05) is 30.5 Å². The largest absolute Gasteiger partial charge is 0.696 e. The average Bonchev–Trinajstić information content (AvgIpc) is 2.84. The van der Waals surface area contributed by atoms with Crippen LogP contribution in [-0.4, -0.2) is 24.4 Å². The summed E-state index contributed by atoms with van der Waals surface area (Å²) in [5.41, 5.74) is 4.97. The van der Waals surface area contributed by atoms with Crippen molar-refractivity contribution in [2.45, 2.75) is 19.3 Å². The fraction of sp³-hybridized carbons (Fsp3) is 0.238. The van der Waals surface area contributed by atoms with Gasteiger partial charge < -0.3 is 22.7 Å². The second-order valence-electron chi connectivity index (χ2n) is 6.38. The maximum absolute atomic E-state index is 7.13.